The molecule has 0 aromatic rings. The molecule has 0 unspecified atom stereocenters. The SMILES string of the molecule is CC(=O)OC[C@H]1O[C@H](OC(C)=O)[C@H](CI)[C@@H](OC(C)=O)[C@@H]1OC(C)=O. The molecule has 1 saturated heterocycles. The van der Waals surface area contributed by atoms with E-state index in [1.54, 1.807) is 0 Å². The highest BCUT2D eigenvalue weighted by molar-refractivity contribution is 14.1. The molecule has 5 atom stereocenters. The third kappa shape index (κ3) is 6.77. The molecule has 9 nitrogen and oxygen atoms in total. The predicted molar refractivity (Wildman–Crippen MR) is 90.5 cm³/mol. The van der Waals surface area contributed by atoms with Crippen LogP contribution < -0.4 is 0 Å². The maximum atomic E-state index is 11.5. The van der Waals surface area contributed by atoms with E-state index in [2.05, 4.69) is 0 Å². The van der Waals surface area contributed by atoms with Crippen molar-refractivity contribution < 1.29 is 42.9 Å². The van der Waals surface area contributed by atoms with Gasteiger partial charge in [-0.05, 0) is 0 Å². The first-order valence-corrected chi connectivity index (χ1v) is 9.04. The molecule has 0 N–H and O–H groups in total. The quantitative estimate of drug-likeness (QED) is 0.239. The second-order valence-electron chi connectivity index (χ2n) is 5.42. The molecule has 1 rings (SSSR count). The van der Waals surface area contributed by atoms with Gasteiger partial charge in [0.05, 0.1) is 5.92 Å². The van der Waals surface area contributed by atoms with E-state index in [-0.39, 0.29) is 6.61 Å². The smallest absolute Gasteiger partial charge is 0.304 e. The molecule has 142 valence electrons. The Morgan fingerprint density at radius 3 is 1.80 bits per heavy atom. The summed E-state index contributed by atoms with van der Waals surface area (Å²) in [5, 5.41) is 0. The Bertz CT molecular complexity index is 521. The fourth-order valence-corrected chi connectivity index (χ4v) is 3.33. The van der Waals surface area contributed by atoms with Gasteiger partial charge in [-0.1, -0.05) is 22.6 Å². The van der Waals surface area contributed by atoms with Gasteiger partial charge in [0.15, 0.2) is 12.2 Å². The van der Waals surface area contributed by atoms with E-state index < -0.39 is 54.4 Å². The number of carbonyl (C=O) groups is 4. The number of alkyl halides is 1. The molecule has 0 saturated carbocycles. The maximum Gasteiger partial charge on any atom is 0.304 e. The number of hydrogen-bond acceptors (Lipinski definition) is 9. The second-order valence-corrected chi connectivity index (χ2v) is 6.30. The van der Waals surface area contributed by atoms with Gasteiger partial charge in [0.1, 0.15) is 12.7 Å². The van der Waals surface area contributed by atoms with Crippen molar-refractivity contribution in [2.24, 2.45) is 5.92 Å². The Balaban J connectivity index is 3.16. The number of ether oxygens (including phenoxy) is 5. The van der Waals surface area contributed by atoms with Crippen molar-refractivity contribution in [3.63, 3.8) is 0 Å². The van der Waals surface area contributed by atoms with Crippen LogP contribution in [0.15, 0.2) is 0 Å². The summed E-state index contributed by atoms with van der Waals surface area (Å²) in [5.41, 5.74) is 0. The lowest BCUT2D eigenvalue weighted by Crippen LogP contribution is -2.60. The lowest BCUT2D eigenvalue weighted by molar-refractivity contribution is -0.279. The Morgan fingerprint density at radius 2 is 1.36 bits per heavy atom. The minimum atomic E-state index is -1.04. The van der Waals surface area contributed by atoms with E-state index >= 15 is 0 Å². The number of esters is 4. The third-order valence-corrected chi connectivity index (χ3v) is 4.30. The van der Waals surface area contributed by atoms with E-state index in [0.717, 1.165) is 0 Å². The highest BCUT2D eigenvalue weighted by atomic mass is 127. The van der Waals surface area contributed by atoms with E-state index in [1.165, 1.54) is 27.7 Å². The van der Waals surface area contributed by atoms with Gasteiger partial charge in [0.25, 0.3) is 0 Å². The van der Waals surface area contributed by atoms with Crippen molar-refractivity contribution in [2.75, 3.05) is 11.0 Å². The standard InChI is InChI=1S/C15H21IO9/c1-7(17)21-6-12-14(23-9(3)19)13(22-8(2)18)11(5-16)15(25-12)24-10(4)20/h11-15H,5-6H2,1-4H3/t11-,12-,13-,14-,15+/m1/s1. The van der Waals surface area contributed by atoms with Crippen molar-refractivity contribution in [2.45, 2.75) is 52.3 Å². The van der Waals surface area contributed by atoms with Crippen LogP contribution >= 0.6 is 22.6 Å². The molecule has 0 bridgehead atoms. The minimum absolute atomic E-state index is 0.253. The average Bonchev–Trinajstić information content (AvgIpc) is 2.46. The average molecular weight is 472 g/mol. The van der Waals surface area contributed by atoms with Crippen LogP contribution in [0.25, 0.3) is 0 Å². The van der Waals surface area contributed by atoms with Gasteiger partial charge in [0.2, 0.25) is 6.29 Å². The van der Waals surface area contributed by atoms with Crippen molar-refractivity contribution in [3.05, 3.63) is 0 Å². The monoisotopic (exact) mass is 472 g/mol. The van der Waals surface area contributed by atoms with Crippen molar-refractivity contribution in [1.29, 1.82) is 0 Å². The highest BCUT2D eigenvalue weighted by Gasteiger charge is 2.51. The molecule has 0 aliphatic carbocycles. The van der Waals surface area contributed by atoms with E-state index in [9.17, 15) is 19.2 Å². The topological polar surface area (TPSA) is 114 Å². The zero-order valence-corrected chi connectivity index (χ0v) is 16.5. The summed E-state index contributed by atoms with van der Waals surface area (Å²) < 4.78 is 26.7. The van der Waals surface area contributed by atoms with Gasteiger partial charge in [-0.2, -0.15) is 0 Å². The molecule has 1 fully saturated rings. The van der Waals surface area contributed by atoms with E-state index in [1.807, 2.05) is 22.6 Å². The zero-order chi connectivity index (χ0) is 19.1. The van der Waals surface area contributed by atoms with Crippen LogP contribution in [0.5, 0.6) is 0 Å². The summed E-state index contributed by atoms with van der Waals surface area (Å²) in [4.78, 5) is 45.4. The van der Waals surface area contributed by atoms with Crippen molar-refractivity contribution in [1.82, 2.24) is 0 Å². The Morgan fingerprint density at radius 1 is 0.840 bits per heavy atom. The molecular weight excluding hydrogens is 451 g/mol. The van der Waals surface area contributed by atoms with Crippen LogP contribution in [0.2, 0.25) is 0 Å². The molecule has 0 aromatic heterocycles. The van der Waals surface area contributed by atoms with Gasteiger partial charge >= 0.3 is 23.9 Å². The summed E-state index contributed by atoms with van der Waals surface area (Å²) >= 11 is 2.02. The van der Waals surface area contributed by atoms with Crippen LogP contribution in [-0.4, -0.2) is 59.5 Å². The largest absolute Gasteiger partial charge is 0.463 e. The fourth-order valence-electron chi connectivity index (χ4n) is 2.41. The first kappa shape index (κ1) is 21.6. The van der Waals surface area contributed by atoms with E-state index in [4.69, 9.17) is 23.7 Å². The molecule has 1 aliphatic rings. The molecule has 0 aromatic carbocycles. The molecule has 0 radical (unpaired) electrons. The van der Waals surface area contributed by atoms with Crippen molar-refractivity contribution >= 4 is 46.5 Å². The van der Waals surface area contributed by atoms with Gasteiger partial charge in [-0.3, -0.25) is 19.2 Å². The number of rotatable bonds is 6. The number of hydrogen-bond donors (Lipinski definition) is 0. The summed E-state index contributed by atoms with van der Waals surface area (Å²) in [6, 6.07) is 0. The number of halogens is 1. The van der Waals surface area contributed by atoms with Gasteiger partial charge in [-0.15, -0.1) is 0 Å². The number of carbonyl (C=O) groups excluding carboxylic acids is 4. The van der Waals surface area contributed by atoms with Crippen molar-refractivity contribution in [3.8, 4) is 0 Å². The van der Waals surface area contributed by atoms with Gasteiger partial charge in [-0.25, -0.2) is 0 Å². The molecule has 25 heavy (non-hydrogen) atoms. The predicted octanol–water partition coefficient (Wildman–Crippen LogP) is 0.752. The van der Waals surface area contributed by atoms with Crippen LogP contribution in [0, 0.1) is 5.92 Å². The zero-order valence-electron chi connectivity index (χ0n) is 14.4. The highest BCUT2D eigenvalue weighted by Crippen LogP contribution is 2.33. The third-order valence-electron chi connectivity index (χ3n) is 3.29. The Hall–Kier alpha value is -1.43. The maximum absolute atomic E-state index is 11.5. The normalized spacial score (nSPS) is 28.6. The summed E-state index contributed by atoms with van der Waals surface area (Å²) in [6.07, 6.45) is -3.92. The Labute approximate surface area is 158 Å². The lowest BCUT2D eigenvalue weighted by Gasteiger charge is -2.44. The molecule has 0 spiro atoms. The van der Waals surface area contributed by atoms with Crippen LogP contribution in [-0.2, 0) is 42.9 Å². The van der Waals surface area contributed by atoms with Crippen LogP contribution in [0.1, 0.15) is 27.7 Å². The van der Waals surface area contributed by atoms with Crippen LogP contribution in [0.3, 0.4) is 0 Å². The van der Waals surface area contributed by atoms with Crippen LogP contribution in [0.4, 0.5) is 0 Å². The van der Waals surface area contributed by atoms with E-state index in [0.29, 0.717) is 4.43 Å². The lowest BCUT2D eigenvalue weighted by atomic mass is 9.92. The first-order valence-electron chi connectivity index (χ1n) is 7.52. The second kappa shape index (κ2) is 9.90. The molecular formula is C15H21IO9. The van der Waals surface area contributed by atoms with Gasteiger partial charge in [0, 0.05) is 32.1 Å². The Kier molecular flexibility index (Phi) is 8.56. The summed E-state index contributed by atoms with van der Waals surface area (Å²) in [6.45, 7) is 4.59. The molecule has 1 heterocycles. The molecule has 1 aliphatic heterocycles. The minimum Gasteiger partial charge on any atom is -0.463 e. The molecule has 10 heteroatoms. The van der Waals surface area contributed by atoms with Gasteiger partial charge < -0.3 is 23.7 Å². The summed E-state index contributed by atoms with van der Waals surface area (Å²) in [7, 11) is 0. The first-order chi connectivity index (χ1) is 11.6. The summed E-state index contributed by atoms with van der Waals surface area (Å²) in [5.74, 6) is -2.91. The fraction of sp³-hybridized carbons (Fsp3) is 0.733. The molecule has 0 amide bonds.